The number of hydrogen-bond donors (Lipinski definition) is 3. The number of benzene rings is 2. The first-order chi connectivity index (χ1) is 24.8. The maximum absolute atomic E-state index is 14.9. The van der Waals surface area contributed by atoms with E-state index in [0.29, 0.717) is 16.0 Å². The number of carbonyl (C=O) groups excluding carboxylic acids is 4. The Morgan fingerprint density at radius 2 is 1.79 bits per heavy atom. The lowest BCUT2D eigenvalue weighted by atomic mass is 10.0. The molecule has 5 rings (SSSR count). The smallest absolute Gasteiger partial charge is 0.435 e. The highest BCUT2D eigenvalue weighted by Gasteiger charge is 2.44. The van der Waals surface area contributed by atoms with Gasteiger partial charge in [0.25, 0.3) is 11.8 Å². The Hall–Kier alpha value is -4.83. The van der Waals surface area contributed by atoms with Crippen LogP contribution in [0.5, 0.6) is 0 Å². The van der Waals surface area contributed by atoms with Crippen molar-refractivity contribution in [1.29, 1.82) is 0 Å². The molecule has 3 aromatic rings. The fourth-order valence-electron chi connectivity index (χ4n) is 6.22. The molecule has 1 saturated heterocycles. The molecule has 11 nitrogen and oxygen atoms in total. The lowest BCUT2D eigenvalue weighted by molar-refractivity contribution is -0.160. The Bertz CT molecular complexity index is 1840. The van der Waals surface area contributed by atoms with Crippen LogP contribution in [-0.4, -0.2) is 73.0 Å². The molecule has 0 saturated carbocycles. The van der Waals surface area contributed by atoms with Crippen molar-refractivity contribution < 1.29 is 46.2 Å². The number of thiophene rings is 1. The number of unbranched alkanes of at least 4 members (excludes halogenated alkanes) is 3. The lowest BCUT2D eigenvalue weighted by Crippen LogP contribution is -2.49. The van der Waals surface area contributed by atoms with Crippen molar-refractivity contribution in [3.05, 3.63) is 81.0 Å². The van der Waals surface area contributed by atoms with Gasteiger partial charge in [0, 0.05) is 45.5 Å². The summed E-state index contributed by atoms with van der Waals surface area (Å²) in [7, 11) is 0. The molecule has 0 unspecified atom stereocenters. The summed E-state index contributed by atoms with van der Waals surface area (Å²) < 4.78 is 65.9. The van der Waals surface area contributed by atoms with E-state index in [1.165, 1.54) is 47.7 Å². The van der Waals surface area contributed by atoms with Crippen LogP contribution >= 0.6 is 11.3 Å². The van der Waals surface area contributed by atoms with Crippen molar-refractivity contribution in [3.8, 4) is 11.1 Å². The molecule has 4 amide bonds. The first-order valence-electron chi connectivity index (χ1n) is 16.8. The first kappa shape index (κ1) is 38.4. The molecule has 0 radical (unpaired) electrons. The molecule has 0 spiro atoms. The number of likely N-dealkylation sites (tertiary alicyclic amines) is 1. The van der Waals surface area contributed by atoms with E-state index in [9.17, 15) is 36.7 Å². The monoisotopic (exact) mass is 745 g/mol. The van der Waals surface area contributed by atoms with Gasteiger partial charge in [-0.2, -0.15) is 22.6 Å². The lowest BCUT2D eigenvalue weighted by Gasteiger charge is -2.25. The van der Waals surface area contributed by atoms with E-state index in [4.69, 9.17) is 10.5 Å². The summed E-state index contributed by atoms with van der Waals surface area (Å²) in [6, 6.07) is 9.52. The van der Waals surface area contributed by atoms with Gasteiger partial charge in [-0.25, -0.2) is 4.79 Å². The van der Waals surface area contributed by atoms with Crippen molar-refractivity contribution in [3.63, 3.8) is 0 Å². The quantitative estimate of drug-likeness (QED) is 0.0780. The minimum atomic E-state index is -3.23. The van der Waals surface area contributed by atoms with Crippen LogP contribution < -0.4 is 16.4 Å². The van der Waals surface area contributed by atoms with Gasteiger partial charge in [0.15, 0.2) is 0 Å². The van der Waals surface area contributed by atoms with E-state index in [1.807, 2.05) is 0 Å². The van der Waals surface area contributed by atoms with Crippen LogP contribution in [0, 0.1) is 0 Å². The van der Waals surface area contributed by atoms with Crippen LogP contribution in [0.15, 0.2) is 58.9 Å². The molecule has 3 atom stereocenters. The number of carbonyl (C=O) groups is 4. The third-order valence-electron chi connectivity index (χ3n) is 8.89. The maximum atomic E-state index is 14.9. The second-order valence-corrected chi connectivity index (χ2v) is 13.5. The largest absolute Gasteiger partial charge is 0.448 e. The van der Waals surface area contributed by atoms with Crippen molar-refractivity contribution in [2.45, 2.75) is 76.7 Å². The van der Waals surface area contributed by atoms with Gasteiger partial charge in [0.1, 0.15) is 11.9 Å². The Balaban J connectivity index is 1.20. The van der Waals surface area contributed by atoms with Crippen molar-refractivity contribution in [2.24, 2.45) is 10.7 Å². The standard InChI is InChI=1S/C36H39F4N5O6S/c1-3-4-5-8-13-50-35(49)44-31(41)22-15-29(52-19-22)20(2)43-33(48)28-16-23(51-34(37)38)18-45(28)30(46)17-42-32(47)21-11-12-27-25(14-21)24-9-6-7-10-26(24)36(27,39)40/h6-7,9-12,14-15,19-20,23,28,34H,3-5,8,13,16-18H2,1-2H3,(H,42,47)(H,43,48)(H2,41,44,49)/t20-,23-,28+/m1/s1. The van der Waals surface area contributed by atoms with Crippen molar-refractivity contribution in [1.82, 2.24) is 15.5 Å². The number of amides is 4. The van der Waals surface area contributed by atoms with Crippen molar-refractivity contribution >= 4 is 41.0 Å². The Morgan fingerprint density at radius 1 is 1.04 bits per heavy atom. The zero-order valence-electron chi connectivity index (χ0n) is 28.5. The van der Waals surface area contributed by atoms with Crippen LogP contribution in [0.1, 0.15) is 83.9 Å². The minimum Gasteiger partial charge on any atom is -0.448 e. The van der Waals surface area contributed by atoms with Gasteiger partial charge in [-0.15, -0.1) is 11.3 Å². The van der Waals surface area contributed by atoms with Gasteiger partial charge in [-0.1, -0.05) is 56.5 Å². The number of rotatable bonds is 14. The number of nitrogens with one attached hydrogen (secondary N) is 2. The highest BCUT2D eigenvalue weighted by Crippen LogP contribution is 2.50. The van der Waals surface area contributed by atoms with Gasteiger partial charge < -0.3 is 30.7 Å². The fraction of sp³-hybridized carbons (Fsp3) is 0.417. The average molecular weight is 746 g/mol. The summed E-state index contributed by atoms with van der Waals surface area (Å²) in [5.41, 5.74) is 6.54. The topological polar surface area (TPSA) is 152 Å². The Morgan fingerprint density at radius 3 is 2.54 bits per heavy atom. The SMILES string of the molecule is CCCCCCOC(=O)/N=C(/N)c1csc([C@@H](C)NC(=O)[C@@H]2C[C@@H](OC(F)F)CN2C(=O)CNC(=O)c2ccc3c(c2)-c2ccccc2C3(F)F)c1. The van der Waals surface area contributed by atoms with Crippen LogP contribution in [0.3, 0.4) is 0 Å². The molecule has 2 aromatic carbocycles. The number of nitrogens with two attached hydrogens (primary N) is 1. The van der Waals surface area contributed by atoms with Crippen molar-refractivity contribution in [2.75, 3.05) is 19.7 Å². The summed E-state index contributed by atoms with van der Waals surface area (Å²) in [6.07, 6.45) is 1.55. The third kappa shape index (κ3) is 8.78. The van der Waals surface area contributed by atoms with E-state index in [0.717, 1.165) is 30.6 Å². The summed E-state index contributed by atoms with van der Waals surface area (Å²) in [4.78, 5) is 57.3. The second kappa shape index (κ2) is 16.7. The summed E-state index contributed by atoms with van der Waals surface area (Å²) in [6.45, 7) is -0.0985. The number of aliphatic imine (C=N–C) groups is 1. The summed E-state index contributed by atoms with van der Waals surface area (Å²) in [5.74, 6) is -5.40. The molecule has 2 heterocycles. The number of ether oxygens (including phenoxy) is 2. The van der Waals surface area contributed by atoms with Crippen LogP contribution in [0.4, 0.5) is 22.4 Å². The van der Waals surface area contributed by atoms with Gasteiger partial charge in [0.2, 0.25) is 11.8 Å². The number of amidine groups is 1. The molecule has 1 aliphatic carbocycles. The molecule has 4 N–H and O–H groups in total. The van der Waals surface area contributed by atoms with E-state index >= 15 is 0 Å². The zero-order valence-corrected chi connectivity index (χ0v) is 29.3. The highest BCUT2D eigenvalue weighted by molar-refractivity contribution is 7.10. The summed E-state index contributed by atoms with van der Waals surface area (Å²) in [5, 5.41) is 6.87. The van der Waals surface area contributed by atoms with E-state index in [1.54, 1.807) is 24.4 Å². The van der Waals surface area contributed by atoms with E-state index in [2.05, 4.69) is 27.3 Å². The number of fused-ring (bicyclic) bond motifs is 3. The molecule has 1 aliphatic heterocycles. The number of alkyl halides is 4. The molecule has 16 heteroatoms. The van der Waals surface area contributed by atoms with Crippen LogP contribution in [0.25, 0.3) is 11.1 Å². The number of hydrogen-bond acceptors (Lipinski definition) is 7. The number of nitrogens with zero attached hydrogens (tertiary/aromatic N) is 2. The summed E-state index contributed by atoms with van der Waals surface area (Å²) >= 11 is 1.23. The molecule has 1 aromatic heterocycles. The normalized spacial score (nSPS) is 18.1. The molecule has 52 heavy (non-hydrogen) atoms. The molecular formula is C36H39F4N5O6S. The van der Waals surface area contributed by atoms with E-state index < -0.39 is 61.1 Å². The predicted octanol–water partition coefficient (Wildman–Crippen LogP) is 6.11. The van der Waals surface area contributed by atoms with Gasteiger partial charge >= 0.3 is 12.7 Å². The maximum Gasteiger partial charge on any atom is 0.435 e. The fourth-order valence-corrected chi connectivity index (χ4v) is 7.13. The second-order valence-electron chi connectivity index (χ2n) is 12.5. The van der Waals surface area contributed by atoms with E-state index in [-0.39, 0.29) is 47.7 Å². The average Bonchev–Trinajstić information content (AvgIpc) is 3.83. The molecule has 1 fully saturated rings. The molecular weight excluding hydrogens is 706 g/mol. The molecule has 0 bridgehead atoms. The van der Waals surface area contributed by atoms with Gasteiger partial charge in [0.05, 0.1) is 25.3 Å². The molecule has 278 valence electrons. The molecule has 2 aliphatic rings. The van der Waals surface area contributed by atoms with Gasteiger partial charge in [-0.05, 0) is 42.7 Å². The zero-order chi connectivity index (χ0) is 37.6. The third-order valence-corrected chi connectivity index (χ3v) is 10.0. The predicted molar refractivity (Wildman–Crippen MR) is 185 cm³/mol. The number of halogens is 4. The minimum absolute atomic E-state index is 0.0304. The van der Waals surface area contributed by atoms with Gasteiger partial charge in [-0.3, -0.25) is 14.4 Å². The first-order valence-corrected chi connectivity index (χ1v) is 17.7. The van der Waals surface area contributed by atoms with Crippen LogP contribution in [-0.2, 0) is 25.0 Å². The Labute approximate surface area is 301 Å². The van der Waals surface area contributed by atoms with Crippen LogP contribution in [0.2, 0.25) is 0 Å². The Kier molecular flexibility index (Phi) is 12.3. The highest BCUT2D eigenvalue weighted by atomic mass is 32.1.